The van der Waals surface area contributed by atoms with Crippen molar-refractivity contribution >= 4 is 5.91 Å². The van der Waals surface area contributed by atoms with Crippen molar-refractivity contribution in [2.24, 2.45) is 0 Å². The van der Waals surface area contributed by atoms with Gasteiger partial charge in [0.25, 0.3) is 5.91 Å². The number of hydrogen-bond acceptors (Lipinski definition) is 4. The molecule has 1 aromatic heterocycles. The van der Waals surface area contributed by atoms with Crippen LogP contribution in [0.5, 0.6) is 0 Å². The van der Waals surface area contributed by atoms with Crippen molar-refractivity contribution in [3.05, 3.63) is 24.3 Å². The molecule has 1 fully saturated rings. The van der Waals surface area contributed by atoms with Crippen LogP contribution in [0.1, 0.15) is 23.3 Å². The number of hydrogen-bond donors (Lipinski definition) is 0. The van der Waals surface area contributed by atoms with Crippen LogP contribution >= 0.6 is 0 Å². The van der Waals surface area contributed by atoms with E-state index in [9.17, 15) is 4.79 Å². The van der Waals surface area contributed by atoms with Crippen molar-refractivity contribution in [1.29, 1.82) is 0 Å². The zero-order chi connectivity index (χ0) is 9.80. The van der Waals surface area contributed by atoms with Gasteiger partial charge >= 0.3 is 0 Å². The number of amides is 1. The van der Waals surface area contributed by atoms with Crippen molar-refractivity contribution < 1.29 is 9.63 Å². The Hall–Kier alpha value is -1.49. The topological polar surface area (TPSA) is 55.3 Å². The fraction of sp³-hybridized carbons (Fsp3) is 0.444. The minimum absolute atomic E-state index is 0.188. The number of aromatic nitrogens is 2. The molecule has 0 bridgehead atoms. The average molecular weight is 193 g/mol. The van der Waals surface area contributed by atoms with Gasteiger partial charge in [-0.25, -0.2) is 15.0 Å². The predicted octanol–water partition coefficient (Wildman–Crippen LogP) is 0.644. The molecule has 0 N–H and O–H groups in total. The smallest absolute Gasteiger partial charge is 0.271 e. The third kappa shape index (κ3) is 1.88. The molecule has 5 nitrogen and oxygen atoms in total. The van der Waals surface area contributed by atoms with Gasteiger partial charge in [-0.1, -0.05) is 0 Å². The van der Waals surface area contributed by atoms with Crippen LogP contribution in [0.4, 0.5) is 0 Å². The van der Waals surface area contributed by atoms with E-state index in [4.69, 9.17) is 4.84 Å². The van der Waals surface area contributed by atoms with Crippen molar-refractivity contribution in [2.45, 2.75) is 12.8 Å². The molecular weight excluding hydrogens is 182 g/mol. The standard InChI is InChI=1S/C9H11N3O2/c13-9(8-3-4-10-7-11-8)12-5-1-2-6-14-12/h3-4,7H,1-2,5-6H2. The molecule has 1 aliphatic rings. The monoisotopic (exact) mass is 193 g/mol. The molecule has 1 saturated heterocycles. The van der Waals surface area contributed by atoms with Gasteiger partial charge < -0.3 is 0 Å². The predicted molar refractivity (Wildman–Crippen MR) is 48.3 cm³/mol. The average Bonchev–Trinajstić information content (AvgIpc) is 2.30. The third-order valence-corrected chi connectivity index (χ3v) is 2.03. The van der Waals surface area contributed by atoms with Crippen LogP contribution in [-0.2, 0) is 4.84 Å². The molecule has 0 aromatic carbocycles. The molecule has 74 valence electrons. The number of hydroxylamine groups is 2. The van der Waals surface area contributed by atoms with Gasteiger partial charge in [0.1, 0.15) is 12.0 Å². The highest BCUT2D eigenvalue weighted by atomic mass is 16.7. The summed E-state index contributed by atoms with van der Waals surface area (Å²) in [6.45, 7) is 1.25. The van der Waals surface area contributed by atoms with Crippen molar-refractivity contribution in [3.63, 3.8) is 0 Å². The van der Waals surface area contributed by atoms with Crippen LogP contribution in [0.15, 0.2) is 18.6 Å². The first kappa shape index (κ1) is 9.08. The molecule has 0 radical (unpaired) electrons. The summed E-state index contributed by atoms with van der Waals surface area (Å²) in [6, 6.07) is 1.58. The zero-order valence-electron chi connectivity index (χ0n) is 7.72. The van der Waals surface area contributed by atoms with Crippen LogP contribution in [0.2, 0.25) is 0 Å². The number of nitrogens with zero attached hydrogens (tertiary/aromatic N) is 3. The number of carbonyl (C=O) groups excluding carboxylic acids is 1. The van der Waals surface area contributed by atoms with Gasteiger partial charge in [-0.15, -0.1) is 0 Å². The SMILES string of the molecule is O=C(c1ccncn1)N1CCCCO1. The Morgan fingerprint density at radius 2 is 2.43 bits per heavy atom. The van der Waals surface area contributed by atoms with Crippen molar-refractivity contribution in [3.8, 4) is 0 Å². The summed E-state index contributed by atoms with van der Waals surface area (Å²) < 4.78 is 0. The minimum Gasteiger partial charge on any atom is -0.271 e. The minimum atomic E-state index is -0.188. The molecule has 2 rings (SSSR count). The van der Waals surface area contributed by atoms with E-state index in [0.717, 1.165) is 12.8 Å². The van der Waals surface area contributed by atoms with Gasteiger partial charge in [0.15, 0.2) is 0 Å². The Kier molecular flexibility index (Phi) is 2.69. The van der Waals surface area contributed by atoms with Crippen LogP contribution in [0.25, 0.3) is 0 Å². The highest BCUT2D eigenvalue weighted by molar-refractivity contribution is 5.91. The summed E-state index contributed by atoms with van der Waals surface area (Å²) in [4.78, 5) is 24.5. The highest BCUT2D eigenvalue weighted by Gasteiger charge is 2.19. The number of rotatable bonds is 1. The first-order valence-corrected chi connectivity index (χ1v) is 4.59. The molecule has 0 saturated carbocycles. The number of carbonyl (C=O) groups is 1. The van der Waals surface area contributed by atoms with Crippen molar-refractivity contribution in [1.82, 2.24) is 15.0 Å². The molecule has 0 unspecified atom stereocenters. The second-order valence-corrected chi connectivity index (χ2v) is 3.04. The van der Waals surface area contributed by atoms with E-state index in [1.165, 1.54) is 11.4 Å². The quantitative estimate of drug-likeness (QED) is 0.657. The third-order valence-electron chi connectivity index (χ3n) is 2.03. The van der Waals surface area contributed by atoms with Gasteiger partial charge in [-0.2, -0.15) is 0 Å². The summed E-state index contributed by atoms with van der Waals surface area (Å²) in [5.74, 6) is -0.188. The normalized spacial score (nSPS) is 16.7. The Balaban J connectivity index is 2.07. The molecular formula is C9H11N3O2. The first-order valence-electron chi connectivity index (χ1n) is 4.59. The van der Waals surface area contributed by atoms with Crippen LogP contribution in [0, 0.1) is 0 Å². The van der Waals surface area contributed by atoms with Gasteiger partial charge in [0.05, 0.1) is 6.61 Å². The van der Waals surface area contributed by atoms with E-state index in [-0.39, 0.29) is 5.91 Å². The molecule has 1 aromatic rings. The summed E-state index contributed by atoms with van der Waals surface area (Å²) >= 11 is 0. The lowest BCUT2D eigenvalue weighted by Gasteiger charge is -2.25. The zero-order valence-corrected chi connectivity index (χ0v) is 7.72. The lowest BCUT2D eigenvalue weighted by Crippen LogP contribution is -2.36. The van der Waals surface area contributed by atoms with Crippen LogP contribution in [-0.4, -0.2) is 34.1 Å². The van der Waals surface area contributed by atoms with Crippen LogP contribution in [0.3, 0.4) is 0 Å². The summed E-state index contributed by atoms with van der Waals surface area (Å²) in [7, 11) is 0. The lowest BCUT2D eigenvalue weighted by molar-refractivity contribution is -0.144. The van der Waals surface area contributed by atoms with Gasteiger partial charge in [0, 0.05) is 12.7 Å². The molecule has 0 aliphatic carbocycles. The lowest BCUT2D eigenvalue weighted by atomic mass is 10.3. The maximum Gasteiger partial charge on any atom is 0.296 e. The molecule has 1 aliphatic heterocycles. The second kappa shape index (κ2) is 4.15. The van der Waals surface area contributed by atoms with E-state index >= 15 is 0 Å². The van der Waals surface area contributed by atoms with Crippen LogP contribution < -0.4 is 0 Å². The summed E-state index contributed by atoms with van der Waals surface area (Å²) in [6.07, 6.45) is 4.89. The maximum absolute atomic E-state index is 11.7. The Morgan fingerprint density at radius 3 is 3.07 bits per heavy atom. The van der Waals surface area contributed by atoms with E-state index < -0.39 is 0 Å². The maximum atomic E-state index is 11.7. The largest absolute Gasteiger partial charge is 0.296 e. The summed E-state index contributed by atoms with van der Waals surface area (Å²) in [5.41, 5.74) is 0.377. The Bertz CT molecular complexity index is 309. The fourth-order valence-corrected chi connectivity index (χ4v) is 1.30. The second-order valence-electron chi connectivity index (χ2n) is 3.04. The van der Waals surface area contributed by atoms with E-state index in [1.807, 2.05) is 0 Å². The molecule has 1 amide bonds. The molecule has 0 atom stereocenters. The first-order chi connectivity index (χ1) is 6.88. The highest BCUT2D eigenvalue weighted by Crippen LogP contribution is 2.09. The molecule has 14 heavy (non-hydrogen) atoms. The van der Waals surface area contributed by atoms with E-state index in [1.54, 1.807) is 12.3 Å². The molecule has 0 spiro atoms. The summed E-state index contributed by atoms with van der Waals surface area (Å²) in [5, 5.41) is 1.37. The molecule has 5 heteroatoms. The fourth-order valence-electron chi connectivity index (χ4n) is 1.30. The van der Waals surface area contributed by atoms with Crippen molar-refractivity contribution in [2.75, 3.05) is 13.2 Å². The van der Waals surface area contributed by atoms with Gasteiger partial charge in [-0.3, -0.25) is 9.63 Å². The van der Waals surface area contributed by atoms with E-state index in [2.05, 4.69) is 9.97 Å². The Labute approximate surface area is 81.7 Å². The van der Waals surface area contributed by atoms with Gasteiger partial charge in [0.2, 0.25) is 0 Å². The Morgan fingerprint density at radius 1 is 1.50 bits per heavy atom. The van der Waals surface area contributed by atoms with Gasteiger partial charge in [-0.05, 0) is 18.9 Å². The van der Waals surface area contributed by atoms with E-state index in [0.29, 0.717) is 18.8 Å². The molecule has 2 heterocycles.